The molecule has 0 aliphatic rings. The first-order valence-corrected chi connectivity index (χ1v) is 13.3. The van der Waals surface area contributed by atoms with Gasteiger partial charge in [-0.25, -0.2) is 4.79 Å². The molecule has 8 heteroatoms. The van der Waals surface area contributed by atoms with Gasteiger partial charge in [0.25, 0.3) is 5.91 Å². The monoisotopic (exact) mass is 543 g/mol. The number of alkyl carbamates (subject to hydrolysis) is 1. The van der Waals surface area contributed by atoms with Gasteiger partial charge in [0.2, 0.25) is 5.91 Å². The summed E-state index contributed by atoms with van der Waals surface area (Å²) in [5, 5.41) is 17.5. The van der Waals surface area contributed by atoms with E-state index in [0.29, 0.717) is 23.2 Å². The molecule has 0 heterocycles. The van der Waals surface area contributed by atoms with Gasteiger partial charge >= 0.3 is 6.09 Å². The first kappa shape index (κ1) is 30.2. The second-order valence-corrected chi connectivity index (χ2v) is 10.6. The molecule has 3 unspecified atom stereocenters. The highest BCUT2D eigenvalue weighted by atomic mass is 16.6. The molecule has 3 rings (SSSR count). The Hall–Kier alpha value is -4.35. The Morgan fingerprint density at radius 1 is 1.02 bits per heavy atom. The highest BCUT2D eigenvalue weighted by molar-refractivity contribution is 6.00. The van der Waals surface area contributed by atoms with Crippen LogP contribution in [-0.2, 0) is 14.3 Å². The van der Waals surface area contributed by atoms with Gasteiger partial charge < -0.3 is 25.4 Å². The van der Waals surface area contributed by atoms with E-state index in [1.54, 1.807) is 58.0 Å². The molecule has 3 aromatic carbocycles. The first-order chi connectivity index (χ1) is 19.0. The fourth-order valence-corrected chi connectivity index (χ4v) is 4.37. The lowest BCUT2D eigenvalue weighted by Gasteiger charge is -2.38. The number of ether oxygens (including phenoxy) is 1. The van der Waals surface area contributed by atoms with Crippen LogP contribution in [0, 0.1) is 12.3 Å². The van der Waals surface area contributed by atoms with Crippen LogP contribution in [0.15, 0.2) is 66.7 Å². The zero-order valence-corrected chi connectivity index (χ0v) is 23.6. The van der Waals surface area contributed by atoms with Crippen molar-refractivity contribution >= 4 is 34.4 Å². The molecule has 3 N–H and O–H groups in total. The largest absolute Gasteiger partial charge is 0.444 e. The number of aliphatic hydroxyl groups is 1. The Bertz CT molecular complexity index is 1410. The van der Waals surface area contributed by atoms with Crippen molar-refractivity contribution < 1.29 is 24.2 Å². The third-order valence-corrected chi connectivity index (χ3v) is 6.45. The molecule has 3 atom stereocenters. The molecule has 8 nitrogen and oxygen atoms in total. The smallest absolute Gasteiger partial charge is 0.408 e. The summed E-state index contributed by atoms with van der Waals surface area (Å²) in [6.07, 6.45) is 5.44. The molecular weight excluding hydrogens is 506 g/mol. The zero-order chi connectivity index (χ0) is 29.4. The summed E-state index contributed by atoms with van der Waals surface area (Å²) in [4.78, 5) is 41.9. The van der Waals surface area contributed by atoms with Crippen LogP contribution in [0.5, 0.6) is 0 Å². The Morgan fingerprint density at radius 2 is 1.68 bits per heavy atom. The number of terminal acetylenes is 1. The first-order valence-electron chi connectivity index (χ1n) is 13.3. The predicted octanol–water partition coefficient (Wildman–Crippen LogP) is 5.01. The van der Waals surface area contributed by atoms with E-state index < -0.39 is 48.2 Å². The lowest BCUT2D eigenvalue weighted by atomic mass is 9.95. The minimum atomic E-state index is -1.35. The Kier molecular flexibility index (Phi) is 9.92. The van der Waals surface area contributed by atoms with E-state index in [-0.39, 0.29) is 0 Å². The van der Waals surface area contributed by atoms with Gasteiger partial charge in [-0.3, -0.25) is 9.59 Å². The molecule has 3 amide bonds. The van der Waals surface area contributed by atoms with Gasteiger partial charge in [0.05, 0.1) is 6.61 Å². The molecule has 0 aliphatic heterocycles. The maximum atomic E-state index is 14.1. The fraction of sp³-hybridized carbons (Fsp3) is 0.344. The number of hydrogen-bond acceptors (Lipinski definition) is 5. The highest BCUT2D eigenvalue weighted by Gasteiger charge is 2.39. The molecule has 0 aliphatic carbocycles. The second kappa shape index (κ2) is 13.1. The number of nitrogens with zero attached hydrogens (tertiary/aromatic N) is 1. The fourth-order valence-electron chi connectivity index (χ4n) is 4.37. The summed E-state index contributed by atoms with van der Waals surface area (Å²) in [5.41, 5.74) is 0.639. The lowest BCUT2D eigenvalue weighted by Crippen LogP contribution is -2.56. The van der Waals surface area contributed by atoms with Gasteiger partial charge in [-0.2, -0.15) is 0 Å². The number of hydrogen-bond donors (Lipinski definition) is 3. The van der Waals surface area contributed by atoms with Crippen molar-refractivity contribution in [1.29, 1.82) is 0 Å². The molecule has 0 saturated heterocycles. The van der Waals surface area contributed by atoms with Crippen molar-refractivity contribution in [2.45, 2.75) is 64.8 Å². The van der Waals surface area contributed by atoms with Gasteiger partial charge in [-0.15, -0.1) is 6.42 Å². The van der Waals surface area contributed by atoms with Crippen LogP contribution in [0.2, 0.25) is 0 Å². The Labute approximate surface area is 235 Å². The number of amides is 3. The van der Waals surface area contributed by atoms with E-state index >= 15 is 0 Å². The standard InChI is InChI=1S/C32H37N3O5/c1-7-21(3)35(30(38)27(20-36)34-31(39)40-32(4,5)6)28(26-16-12-11-13-22(26)8-2)29(37)33-25-18-17-23-14-9-10-15-24(23)19-25/h2,9-19,21,27-28,36H,7,20H2,1,3-6H3,(H,33,37)(H,34,39). The molecule has 0 radical (unpaired) electrons. The summed E-state index contributed by atoms with van der Waals surface area (Å²) in [7, 11) is 0. The van der Waals surface area contributed by atoms with Crippen LogP contribution in [0.25, 0.3) is 10.8 Å². The molecule has 0 saturated carbocycles. The average molecular weight is 544 g/mol. The SMILES string of the molecule is C#Cc1ccccc1C(C(=O)Nc1ccc2ccccc2c1)N(C(=O)C(CO)NC(=O)OC(C)(C)C)C(C)CC. The van der Waals surface area contributed by atoms with Crippen molar-refractivity contribution in [1.82, 2.24) is 10.2 Å². The number of benzene rings is 3. The maximum Gasteiger partial charge on any atom is 0.408 e. The lowest BCUT2D eigenvalue weighted by molar-refractivity contribution is -0.144. The third kappa shape index (κ3) is 7.39. The minimum Gasteiger partial charge on any atom is -0.444 e. The molecular formula is C32H37N3O5. The number of carbonyl (C=O) groups excluding carboxylic acids is 3. The van der Waals surface area contributed by atoms with Crippen molar-refractivity contribution in [3.63, 3.8) is 0 Å². The number of aliphatic hydroxyl groups excluding tert-OH is 1. The third-order valence-electron chi connectivity index (χ3n) is 6.45. The molecule has 0 aromatic heterocycles. The molecule has 40 heavy (non-hydrogen) atoms. The van der Waals surface area contributed by atoms with Crippen LogP contribution in [0.1, 0.15) is 58.2 Å². The predicted molar refractivity (Wildman–Crippen MR) is 157 cm³/mol. The Morgan fingerprint density at radius 3 is 2.30 bits per heavy atom. The number of anilines is 1. The summed E-state index contributed by atoms with van der Waals surface area (Å²) < 4.78 is 5.29. The van der Waals surface area contributed by atoms with E-state index in [1.807, 2.05) is 43.3 Å². The summed E-state index contributed by atoms with van der Waals surface area (Å²) in [5.74, 6) is 1.48. The number of fused-ring (bicyclic) bond motifs is 1. The van der Waals surface area contributed by atoms with Crippen LogP contribution in [0.4, 0.5) is 10.5 Å². The molecule has 210 valence electrons. The zero-order valence-electron chi connectivity index (χ0n) is 23.6. The average Bonchev–Trinajstić information content (AvgIpc) is 2.92. The van der Waals surface area contributed by atoms with Crippen LogP contribution in [-0.4, -0.2) is 52.2 Å². The summed E-state index contributed by atoms with van der Waals surface area (Å²) in [6, 6.07) is 17.3. The minimum absolute atomic E-state index is 0.447. The van der Waals surface area contributed by atoms with Gasteiger partial charge in [0, 0.05) is 17.3 Å². The number of carbonyl (C=O) groups is 3. The maximum absolute atomic E-state index is 14.1. The summed E-state index contributed by atoms with van der Waals surface area (Å²) in [6.45, 7) is 8.06. The van der Waals surface area contributed by atoms with E-state index in [4.69, 9.17) is 11.2 Å². The van der Waals surface area contributed by atoms with E-state index in [2.05, 4.69) is 16.6 Å². The van der Waals surface area contributed by atoms with Gasteiger partial charge in [-0.05, 0) is 68.7 Å². The van der Waals surface area contributed by atoms with Crippen molar-refractivity contribution in [3.05, 3.63) is 77.9 Å². The van der Waals surface area contributed by atoms with Crippen LogP contribution < -0.4 is 10.6 Å². The van der Waals surface area contributed by atoms with E-state index in [9.17, 15) is 19.5 Å². The van der Waals surface area contributed by atoms with Crippen molar-refractivity contribution in [3.8, 4) is 12.3 Å². The highest BCUT2D eigenvalue weighted by Crippen LogP contribution is 2.30. The number of nitrogens with one attached hydrogen (secondary N) is 2. The van der Waals surface area contributed by atoms with Crippen LogP contribution >= 0.6 is 0 Å². The number of rotatable bonds is 9. The quantitative estimate of drug-likeness (QED) is 0.329. The van der Waals surface area contributed by atoms with E-state index in [1.165, 1.54) is 4.90 Å². The normalized spacial score (nSPS) is 13.4. The van der Waals surface area contributed by atoms with Gasteiger partial charge in [-0.1, -0.05) is 61.4 Å². The molecule has 0 spiro atoms. The topological polar surface area (TPSA) is 108 Å². The summed E-state index contributed by atoms with van der Waals surface area (Å²) >= 11 is 0. The van der Waals surface area contributed by atoms with Gasteiger partial charge in [0.1, 0.15) is 17.7 Å². The Balaban J connectivity index is 2.06. The van der Waals surface area contributed by atoms with Crippen molar-refractivity contribution in [2.24, 2.45) is 0 Å². The molecule has 0 bridgehead atoms. The van der Waals surface area contributed by atoms with E-state index in [0.717, 1.165) is 10.8 Å². The second-order valence-electron chi connectivity index (χ2n) is 10.6. The van der Waals surface area contributed by atoms with Gasteiger partial charge in [0.15, 0.2) is 0 Å². The van der Waals surface area contributed by atoms with Crippen molar-refractivity contribution in [2.75, 3.05) is 11.9 Å². The molecule has 0 fully saturated rings. The molecule has 3 aromatic rings. The van der Waals surface area contributed by atoms with Crippen LogP contribution in [0.3, 0.4) is 0 Å².